The minimum atomic E-state index is 1.05. The van der Waals surface area contributed by atoms with Crippen LogP contribution >= 0.6 is 0 Å². The standard InChI is InChI=1S/C10H12N2.C2H4/c1-7-9-5-3-4-6-10(9)8(2)12-11-7;1-2/h3,5H,4,6H2,1-2H3;1-2H2. The predicted molar refractivity (Wildman–Crippen MR) is 60.1 cm³/mol. The molecule has 0 fully saturated rings. The summed E-state index contributed by atoms with van der Waals surface area (Å²) in [5.74, 6) is 0. The summed E-state index contributed by atoms with van der Waals surface area (Å²) in [5.41, 5.74) is 4.80. The Hall–Kier alpha value is -1.44. The van der Waals surface area contributed by atoms with Crippen molar-refractivity contribution in [3.05, 3.63) is 41.7 Å². The Labute approximate surface area is 85.4 Å². The van der Waals surface area contributed by atoms with Gasteiger partial charge in [-0.3, -0.25) is 0 Å². The van der Waals surface area contributed by atoms with Crippen LogP contribution in [0.2, 0.25) is 0 Å². The second-order valence-corrected chi connectivity index (χ2v) is 3.20. The lowest BCUT2D eigenvalue weighted by atomic mass is 9.96. The van der Waals surface area contributed by atoms with Gasteiger partial charge in [0.15, 0.2) is 0 Å². The Balaban J connectivity index is 0.000000461. The summed E-state index contributed by atoms with van der Waals surface area (Å²) in [6.07, 6.45) is 6.62. The highest BCUT2D eigenvalue weighted by atomic mass is 15.1. The lowest BCUT2D eigenvalue weighted by Gasteiger charge is -2.13. The smallest absolute Gasteiger partial charge is 0.0675 e. The first-order valence-corrected chi connectivity index (χ1v) is 4.78. The molecule has 0 amide bonds. The topological polar surface area (TPSA) is 25.8 Å². The summed E-state index contributed by atoms with van der Waals surface area (Å²) in [4.78, 5) is 0. The number of aromatic nitrogens is 2. The Bertz CT molecular complexity index is 354. The van der Waals surface area contributed by atoms with Gasteiger partial charge in [0.1, 0.15) is 0 Å². The van der Waals surface area contributed by atoms with Gasteiger partial charge in [0.05, 0.1) is 11.4 Å². The van der Waals surface area contributed by atoms with Gasteiger partial charge in [0.2, 0.25) is 0 Å². The van der Waals surface area contributed by atoms with Crippen molar-refractivity contribution in [1.29, 1.82) is 0 Å². The van der Waals surface area contributed by atoms with Gasteiger partial charge in [-0.2, -0.15) is 10.2 Å². The lowest BCUT2D eigenvalue weighted by Crippen LogP contribution is -2.04. The summed E-state index contributed by atoms with van der Waals surface area (Å²) in [6, 6.07) is 0. The molecule has 0 unspecified atom stereocenters. The first kappa shape index (κ1) is 10.6. The summed E-state index contributed by atoms with van der Waals surface area (Å²) in [6.45, 7) is 10.0. The molecule has 14 heavy (non-hydrogen) atoms. The monoisotopic (exact) mass is 188 g/mol. The molecule has 1 aromatic rings. The van der Waals surface area contributed by atoms with E-state index >= 15 is 0 Å². The molecule has 1 aliphatic rings. The van der Waals surface area contributed by atoms with E-state index in [4.69, 9.17) is 0 Å². The van der Waals surface area contributed by atoms with Gasteiger partial charge in [-0.25, -0.2) is 0 Å². The zero-order valence-electron chi connectivity index (χ0n) is 8.88. The van der Waals surface area contributed by atoms with Crippen molar-refractivity contribution in [3.8, 4) is 0 Å². The van der Waals surface area contributed by atoms with Gasteiger partial charge < -0.3 is 0 Å². The normalized spacial score (nSPS) is 12.7. The molecule has 2 heteroatoms. The number of hydrogen-bond acceptors (Lipinski definition) is 2. The molecule has 0 saturated heterocycles. The first-order chi connectivity index (χ1) is 6.79. The Morgan fingerprint density at radius 2 is 1.79 bits per heavy atom. The quantitative estimate of drug-likeness (QED) is 0.585. The number of fused-ring (bicyclic) bond motifs is 1. The van der Waals surface area contributed by atoms with E-state index in [1.807, 2.05) is 13.8 Å². The molecule has 0 N–H and O–H groups in total. The SMILES string of the molecule is C=C.Cc1nnc(C)c2c1C=CCC2. The van der Waals surface area contributed by atoms with Gasteiger partial charge in [-0.15, -0.1) is 13.2 Å². The highest BCUT2D eigenvalue weighted by molar-refractivity contribution is 5.58. The van der Waals surface area contributed by atoms with E-state index in [1.54, 1.807) is 0 Å². The molecule has 0 saturated carbocycles. The summed E-state index contributed by atoms with van der Waals surface area (Å²) < 4.78 is 0. The Kier molecular flexibility index (Phi) is 3.57. The van der Waals surface area contributed by atoms with Crippen molar-refractivity contribution in [2.45, 2.75) is 26.7 Å². The van der Waals surface area contributed by atoms with E-state index in [-0.39, 0.29) is 0 Å². The molecule has 0 radical (unpaired) electrons. The minimum Gasteiger partial charge on any atom is -0.155 e. The predicted octanol–water partition coefficient (Wildman–Crippen LogP) is 2.86. The van der Waals surface area contributed by atoms with Crippen LogP contribution in [0.25, 0.3) is 6.08 Å². The van der Waals surface area contributed by atoms with Crippen LogP contribution in [-0.4, -0.2) is 10.2 Å². The fraction of sp³-hybridized carbons (Fsp3) is 0.333. The van der Waals surface area contributed by atoms with Crippen LogP contribution in [0.3, 0.4) is 0 Å². The second-order valence-electron chi connectivity index (χ2n) is 3.20. The molecule has 0 spiro atoms. The minimum absolute atomic E-state index is 1.05. The van der Waals surface area contributed by atoms with Gasteiger partial charge in [0.25, 0.3) is 0 Å². The fourth-order valence-corrected chi connectivity index (χ4v) is 1.64. The summed E-state index contributed by atoms with van der Waals surface area (Å²) >= 11 is 0. The van der Waals surface area contributed by atoms with Crippen LogP contribution in [0, 0.1) is 13.8 Å². The zero-order valence-corrected chi connectivity index (χ0v) is 8.88. The number of rotatable bonds is 0. The first-order valence-electron chi connectivity index (χ1n) is 4.78. The van der Waals surface area contributed by atoms with Gasteiger partial charge in [0, 0.05) is 5.56 Å². The maximum absolute atomic E-state index is 4.11. The summed E-state index contributed by atoms with van der Waals surface area (Å²) in [7, 11) is 0. The number of allylic oxidation sites excluding steroid dienone is 1. The third kappa shape index (κ3) is 1.90. The van der Waals surface area contributed by atoms with E-state index in [1.165, 1.54) is 11.1 Å². The van der Waals surface area contributed by atoms with E-state index in [0.29, 0.717) is 0 Å². The van der Waals surface area contributed by atoms with Crippen molar-refractivity contribution >= 4 is 6.08 Å². The molecule has 1 aromatic heterocycles. The molecular formula is C12H16N2. The molecule has 74 valence electrons. The molecule has 2 nitrogen and oxygen atoms in total. The van der Waals surface area contributed by atoms with Crippen molar-refractivity contribution in [2.75, 3.05) is 0 Å². The average Bonchev–Trinajstić information content (AvgIpc) is 2.27. The Morgan fingerprint density at radius 1 is 1.14 bits per heavy atom. The van der Waals surface area contributed by atoms with Crippen LogP contribution in [0.4, 0.5) is 0 Å². The van der Waals surface area contributed by atoms with Gasteiger partial charge in [-0.1, -0.05) is 12.2 Å². The lowest BCUT2D eigenvalue weighted by molar-refractivity contribution is 0.864. The summed E-state index contributed by atoms with van der Waals surface area (Å²) in [5, 5.41) is 8.20. The van der Waals surface area contributed by atoms with Crippen molar-refractivity contribution in [2.24, 2.45) is 0 Å². The third-order valence-corrected chi connectivity index (χ3v) is 2.35. The molecule has 0 aromatic carbocycles. The van der Waals surface area contributed by atoms with Crippen LogP contribution in [-0.2, 0) is 6.42 Å². The van der Waals surface area contributed by atoms with E-state index in [2.05, 4.69) is 35.5 Å². The molecule has 2 rings (SSSR count). The maximum atomic E-state index is 4.11. The fourth-order valence-electron chi connectivity index (χ4n) is 1.64. The van der Waals surface area contributed by atoms with Crippen LogP contribution in [0.5, 0.6) is 0 Å². The molecule has 0 aliphatic heterocycles. The molecule has 1 heterocycles. The third-order valence-electron chi connectivity index (χ3n) is 2.35. The van der Waals surface area contributed by atoms with Crippen LogP contribution in [0.15, 0.2) is 19.2 Å². The van der Waals surface area contributed by atoms with Crippen LogP contribution < -0.4 is 0 Å². The van der Waals surface area contributed by atoms with Gasteiger partial charge >= 0.3 is 0 Å². The molecular weight excluding hydrogens is 172 g/mol. The number of hydrogen-bond donors (Lipinski definition) is 0. The van der Waals surface area contributed by atoms with Crippen molar-refractivity contribution in [1.82, 2.24) is 10.2 Å². The number of aryl methyl sites for hydroxylation is 2. The maximum Gasteiger partial charge on any atom is 0.0675 e. The highest BCUT2D eigenvalue weighted by Crippen LogP contribution is 2.22. The largest absolute Gasteiger partial charge is 0.155 e. The average molecular weight is 188 g/mol. The molecule has 0 atom stereocenters. The molecule has 0 bridgehead atoms. The van der Waals surface area contributed by atoms with Crippen molar-refractivity contribution < 1.29 is 0 Å². The van der Waals surface area contributed by atoms with E-state index in [9.17, 15) is 0 Å². The second kappa shape index (κ2) is 4.70. The Morgan fingerprint density at radius 3 is 2.43 bits per heavy atom. The van der Waals surface area contributed by atoms with E-state index < -0.39 is 0 Å². The number of nitrogens with zero attached hydrogens (tertiary/aromatic N) is 2. The van der Waals surface area contributed by atoms with Gasteiger partial charge in [-0.05, 0) is 32.3 Å². The van der Waals surface area contributed by atoms with Crippen molar-refractivity contribution in [3.63, 3.8) is 0 Å². The van der Waals surface area contributed by atoms with E-state index in [0.717, 1.165) is 24.2 Å². The molecule has 1 aliphatic carbocycles. The van der Waals surface area contributed by atoms with Crippen LogP contribution in [0.1, 0.15) is 28.9 Å². The highest BCUT2D eigenvalue weighted by Gasteiger charge is 2.10. The zero-order chi connectivity index (χ0) is 10.6.